The summed E-state index contributed by atoms with van der Waals surface area (Å²) in [6.45, 7) is 0. The Balaban J connectivity index is 2.65. The second-order valence-electron chi connectivity index (χ2n) is 2.91. The topological polar surface area (TPSA) is 67.5 Å². The molecule has 6 heteroatoms. The molecule has 16 heavy (non-hydrogen) atoms. The van der Waals surface area contributed by atoms with E-state index in [0.29, 0.717) is 14.8 Å². The molecule has 4 nitrogen and oxygen atoms in total. The molecule has 0 spiro atoms. The Kier molecular flexibility index (Phi) is 2.80. The molecule has 0 unspecified atom stereocenters. The summed E-state index contributed by atoms with van der Waals surface area (Å²) in [6, 6.07) is 5.92. The minimum absolute atomic E-state index is 0.351. The molecule has 0 saturated carbocycles. The molecule has 0 amide bonds. The number of halogens is 1. The van der Waals surface area contributed by atoms with E-state index in [2.05, 4.69) is 4.42 Å². The van der Waals surface area contributed by atoms with E-state index in [1.165, 1.54) is 23.5 Å². The lowest BCUT2D eigenvalue weighted by Gasteiger charge is -2.00. The second-order valence-corrected chi connectivity index (χ2v) is 4.62. The number of carbonyl (C=O) groups is 1. The molecule has 2 aromatic rings. The van der Waals surface area contributed by atoms with Crippen LogP contribution in [0.25, 0.3) is 10.4 Å². The molecular weight excluding hydrogens is 252 g/mol. The molecule has 0 aromatic carbocycles. The van der Waals surface area contributed by atoms with Crippen LogP contribution in [0.2, 0.25) is 4.34 Å². The Bertz CT molecular complexity index is 599. The Labute approximate surface area is 98.7 Å². The molecule has 2 rings (SSSR count). The number of aromatic carboxylic acids is 1. The number of rotatable bonds is 2. The van der Waals surface area contributed by atoms with Gasteiger partial charge in [0.05, 0.1) is 4.34 Å². The van der Waals surface area contributed by atoms with Gasteiger partial charge in [-0.15, -0.1) is 11.3 Å². The first-order valence-corrected chi connectivity index (χ1v) is 5.40. The van der Waals surface area contributed by atoms with Crippen LogP contribution in [-0.2, 0) is 0 Å². The van der Waals surface area contributed by atoms with Gasteiger partial charge in [-0.05, 0) is 18.2 Å². The predicted octanol–water partition coefficient (Wildman–Crippen LogP) is 2.72. The fourth-order valence-corrected chi connectivity index (χ4v) is 2.29. The maximum absolute atomic E-state index is 10.9. The summed E-state index contributed by atoms with van der Waals surface area (Å²) in [5, 5.41) is 8.90. The number of carboxylic acid groups (broad SMARTS) is 1. The van der Waals surface area contributed by atoms with Gasteiger partial charge in [0.15, 0.2) is 0 Å². The molecule has 1 N–H and O–H groups in total. The molecule has 0 aliphatic rings. The van der Waals surface area contributed by atoms with E-state index in [1.54, 1.807) is 12.1 Å². The molecule has 0 fully saturated rings. The van der Waals surface area contributed by atoms with Crippen molar-refractivity contribution >= 4 is 28.9 Å². The van der Waals surface area contributed by atoms with Crippen LogP contribution >= 0.6 is 22.9 Å². The summed E-state index contributed by atoms with van der Waals surface area (Å²) < 4.78 is 5.18. The van der Waals surface area contributed by atoms with Gasteiger partial charge in [-0.25, -0.2) is 9.59 Å². The smallest absolute Gasteiger partial charge is 0.372 e. The van der Waals surface area contributed by atoms with E-state index < -0.39 is 11.6 Å². The van der Waals surface area contributed by atoms with E-state index in [1.807, 2.05) is 0 Å². The summed E-state index contributed by atoms with van der Waals surface area (Å²) in [5.74, 6) is -1.65. The summed E-state index contributed by atoms with van der Waals surface area (Å²) in [7, 11) is 0. The molecule has 2 heterocycles. The number of hydrogen-bond acceptors (Lipinski definition) is 4. The predicted molar refractivity (Wildman–Crippen MR) is 60.3 cm³/mol. The fourth-order valence-electron chi connectivity index (χ4n) is 1.23. The Hall–Kier alpha value is -1.59. The lowest BCUT2D eigenvalue weighted by molar-refractivity contribution is 0.0658. The van der Waals surface area contributed by atoms with Crippen molar-refractivity contribution in [2.75, 3.05) is 0 Å². The molecule has 82 valence electrons. The third-order valence-electron chi connectivity index (χ3n) is 1.87. The van der Waals surface area contributed by atoms with Gasteiger partial charge < -0.3 is 9.52 Å². The summed E-state index contributed by atoms with van der Waals surface area (Å²) in [6.07, 6.45) is 0. The average molecular weight is 257 g/mol. The van der Waals surface area contributed by atoms with Crippen molar-refractivity contribution in [3.63, 3.8) is 0 Å². The lowest BCUT2D eigenvalue weighted by Crippen LogP contribution is -2.06. The SMILES string of the molecule is O=C(O)c1oc(=O)ccc1-c1ccc(Cl)s1. The number of carboxylic acids is 1. The highest BCUT2D eigenvalue weighted by atomic mass is 35.5. The molecule has 0 saturated heterocycles. The first kappa shape index (κ1) is 10.9. The van der Waals surface area contributed by atoms with Crippen LogP contribution in [0.4, 0.5) is 0 Å². The minimum Gasteiger partial charge on any atom is -0.475 e. The first-order valence-electron chi connectivity index (χ1n) is 4.21. The maximum atomic E-state index is 10.9. The van der Waals surface area contributed by atoms with Crippen molar-refractivity contribution in [1.29, 1.82) is 0 Å². The van der Waals surface area contributed by atoms with Gasteiger partial charge in [0, 0.05) is 16.5 Å². The Morgan fingerprint density at radius 2 is 2.06 bits per heavy atom. The zero-order valence-electron chi connectivity index (χ0n) is 7.77. The first-order chi connectivity index (χ1) is 7.58. The van der Waals surface area contributed by atoms with E-state index >= 15 is 0 Å². The lowest BCUT2D eigenvalue weighted by atomic mass is 10.2. The van der Waals surface area contributed by atoms with Crippen molar-refractivity contribution in [2.24, 2.45) is 0 Å². The molecule has 0 atom stereocenters. The third kappa shape index (κ3) is 2.00. The molecule has 0 aliphatic heterocycles. The summed E-state index contributed by atoms with van der Waals surface area (Å²) in [4.78, 5) is 22.5. The van der Waals surface area contributed by atoms with Crippen LogP contribution in [0, 0.1) is 0 Å². The van der Waals surface area contributed by atoms with Gasteiger partial charge in [0.1, 0.15) is 0 Å². The Morgan fingerprint density at radius 1 is 1.31 bits per heavy atom. The number of thiophene rings is 1. The quantitative estimate of drug-likeness (QED) is 0.897. The monoisotopic (exact) mass is 256 g/mol. The summed E-state index contributed by atoms with van der Waals surface area (Å²) >= 11 is 6.97. The van der Waals surface area contributed by atoms with Crippen molar-refractivity contribution in [1.82, 2.24) is 0 Å². The van der Waals surface area contributed by atoms with E-state index in [0.717, 1.165) is 0 Å². The van der Waals surface area contributed by atoms with Crippen molar-refractivity contribution in [3.8, 4) is 10.4 Å². The molecular formula is C10H5ClO4S. The van der Waals surface area contributed by atoms with E-state index in [9.17, 15) is 9.59 Å². The highest BCUT2D eigenvalue weighted by Crippen LogP contribution is 2.32. The van der Waals surface area contributed by atoms with Crippen LogP contribution in [0.1, 0.15) is 10.6 Å². The second kappa shape index (κ2) is 4.11. The highest BCUT2D eigenvalue weighted by molar-refractivity contribution is 7.19. The van der Waals surface area contributed by atoms with Gasteiger partial charge in [-0.2, -0.15) is 0 Å². The van der Waals surface area contributed by atoms with Gasteiger partial charge in [-0.3, -0.25) is 0 Å². The molecule has 0 radical (unpaired) electrons. The van der Waals surface area contributed by atoms with Gasteiger partial charge >= 0.3 is 11.6 Å². The largest absolute Gasteiger partial charge is 0.475 e. The van der Waals surface area contributed by atoms with Crippen molar-refractivity contribution in [2.45, 2.75) is 0 Å². The van der Waals surface area contributed by atoms with E-state index in [-0.39, 0.29) is 5.76 Å². The van der Waals surface area contributed by atoms with Crippen LogP contribution in [-0.4, -0.2) is 11.1 Å². The average Bonchev–Trinajstić information content (AvgIpc) is 2.64. The zero-order valence-corrected chi connectivity index (χ0v) is 9.34. The van der Waals surface area contributed by atoms with Gasteiger partial charge in [0.2, 0.25) is 5.76 Å². The van der Waals surface area contributed by atoms with Crippen molar-refractivity contribution in [3.05, 3.63) is 44.8 Å². The van der Waals surface area contributed by atoms with Crippen LogP contribution in [0.3, 0.4) is 0 Å². The number of hydrogen-bond donors (Lipinski definition) is 1. The Morgan fingerprint density at radius 3 is 2.62 bits per heavy atom. The van der Waals surface area contributed by atoms with Crippen LogP contribution in [0.15, 0.2) is 33.5 Å². The van der Waals surface area contributed by atoms with Crippen molar-refractivity contribution < 1.29 is 14.3 Å². The molecule has 0 aliphatic carbocycles. The molecule has 2 aromatic heterocycles. The third-order valence-corrected chi connectivity index (χ3v) is 3.13. The fraction of sp³-hybridized carbons (Fsp3) is 0. The normalized spacial score (nSPS) is 10.3. The van der Waals surface area contributed by atoms with Gasteiger partial charge in [0.25, 0.3) is 0 Å². The maximum Gasteiger partial charge on any atom is 0.372 e. The van der Waals surface area contributed by atoms with Gasteiger partial charge in [-0.1, -0.05) is 11.6 Å². The summed E-state index contributed by atoms with van der Waals surface area (Å²) in [5.41, 5.74) is -0.340. The standard InChI is InChI=1S/C10H5ClO4S/c11-7-3-2-6(16-7)5-1-4-8(12)15-9(5)10(13)14/h1-4H,(H,13,14). The highest BCUT2D eigenvalue weighted by Gasteiger charge is 2.16. The van der Waals surface area contributed by atoms with Crippen LogP contribution in [0.5, 0.6) is 0 Å². The van der Waals surface area contributed by atoms with Crippen LogP contribution < -0.4 is 5.63 Å². The zero-order chi connectivity index (χ0) is 11.7. The molecule has 0 bridgehead atoms. The minimum atomic E-state index is -1.28. The van der Waals surface area contributed by atoms with E-state index in [4.69, 9.17) is 16.7 Å².